The number of ether oxygens (including phenoxy) is 2. The van der Waals surface area contributed by atoms with Crippen molar-refractivity contribution in [2.24, 2.45) is 11.7 Å². The third-order valence-corrected chi connectivity index (χ3v) is 1.65. The second-order valence-corrected chi connectivity index (χ2v) is 3.41. The standard InChI is InChI=1S/C9H17NO4/c1-5(2)7(9(12)13-4)14-8(11)6(3)10/h5-7H,10H2,1-4H3/t6-,7?/m0/s1. The maximum atomic E-state index is 11.2. The van der Waals surface area contributed by atoms with Crippen molar-refractivity contribution in [1.29, 1.82) is 0 Å². The monoisotopic (exact) mass is 203 g/mol. The Bertz CT molecular complexity index is 213. The summed E-state index contributed by atoms with van der Waals surface area (Å²) in [6.45, 7) is 5.02. The smallest absolute Gasteiger partial charge is 0.347 e. The van der Waals surface area contributed by atoms with Crippen LogP contribution >= 0.6 is 0 Å². The molecule has 0 bridgehead atoms. The van der Waals surface area contributed by atoms with Crippen molar-refractivity contribution in [3.05, 3.63) is 0 Å². The molecule has 2 atom stereocenters. The SMILES string of the molecule is COC(=O)C(OC(=O)[C@H](C)N)C(C)C. The van der Waals surface area contributed by atoms with Crippen molar-refractivity contribution in [2.75, 3.05) is 7.11 Å². The third kappa shape index (κ3) is 3.74. The fourth-order valence-corrected chi connectivity index (χ4v) is 0.805. The number of hydrogen-bond donors (Lipinski definition) is 1. The van der Waals surface area contributed by atoms with Crippen LogP contribution in [0.3, 0.4) is 0 Å². The fourth-order valence-electron chi connectivity index (χ4n) is 0.805. The Labute approximate surface area is 83.5 Å². The Kier molecular flexibility index (Phi) is 5.15. The van der Waals surface area contributed by atoms with Crippen LogP contribution in [-0.4, -0.2) is 31.2 Å². The van der Waals surface area contributed by atoms with Crippen LogP contribution in [0.25, 0.3) is 0 Å². The van der Waals surface area contributed by atoms with Crippen LogP contribution in [0.2, 0.25) is 0 Å². The lowest BCUT2D eigenvalue weighted by molar-refractivity contribution is -0.169. The molecule has 82 valence electrons. The minimum absolute atomic E-state index is 0.134. The fraction of sp³-hybridized carbons (Fsp3) is 0.778. The Balaban J connectivity index is 4.38. The van der Waals surface area contributed by atoms with Crippen molar-refractivity contribution in [2.45, 2.75) is 32.9 Å². The van der Waals surface area contributed by atoms with Crippen LogP contribution in [0, 0.1) is 5.92 Å². The number of esters is 2. The molecule has 0 spiro atoms. The summed E-state index contributed by atoms with van der Waals surface area (Å²) in [6.07, 6.45) is -0.876. The van der Waals surface area contributed by atoms with Crippen molar-refractivity contribution >= 4 is 11.9 Å². The topological polar surface area (TPSA) is 78.6 Å². The first kappa shape index (κ1) is 12.9. The molecule has 0 radical (unpaired) electrons. The summed E-state index contributed by atoms with van der Waals surface area (Å²) in [6, 6.07) is -0.735. The zero-order valence-electron chi connectivity index (χ0n) is 8.94. The summed E-state index contributed by atoms with van der Waals surface area (Å²) in [5.74, 6) is -1.30. The van der Waals surface area contributed by atoms with Gasteiger partial charge in [0.15, 0.2) is 0 Å². The van der Waals surface area contributed by atoms with Crippen molar-refractivity contribution in [1.82, 2.24) is 0 Å². The van der Waals surface area contributed by atoms with E-state index < -0.39 is 24.1 Å². The molecule has 0 aliphatic heterocycles. The van der Waals surface area contributed by atoms with E-state index in [1.54, 1.807) is 13.8 Å². The van der Waals surface area contributed by atoms with E-state index in [1.807, 2.05) is 0 Å². The largest absolute Gasteiger partial charge is 0.466 e. The zero-order chi connectivity index (χ0) is 11.3. The van der Waals surface area contributed by atoms with Gasteiger partial charge in [-0.25, -0.2) is 4.79 Å². The van der Waals surface area contributed by atoms with Gasteiger partial charge in [0, 0.05) is 5.92 Å². The Morgan fingerprint density at radius 1 is 1.14 bits per heavy atom. The van der Waals surface area contributed by atoms with Gasteiger partial charge >= 0.3 is 11.9 Å². The van der Waals surface area contributed by atoms with E-state index in [1.165, 1.54) is 14.0 Å². The highest BCUT2D eigenvalue weighted by Crippen LogP contribution is 2.09. The van der Waals surface area contributed by atoms with Gasteiger partial charge in [-0.1, -0.05) is 13.8 Å². The molecule has 1 unspecified atom stereocenters. The predicted molar refractivity (Wildman–Crippen MR) is 50.4 cm³/mol. The molecule has 0 aromatic carbocycles. The van der Waals surface area contributed by atoms with Crippen LogP contribution in [0.15, 0.2) is 0 Å². The number of rotatable bonds is 4. The lowest BCUT2D eigenvalue weighted by Crippen LogP contribution is -2.38. The van der Waals surface area contributed by atoms with Crippen LogP contribution < -0.4 is 5.73 Å². The summed E-state index contributed by atoms with van der Waals surface area (Å²) in [5, 5.41) is 0. The zero-order valence-corrected chi connectivity index (χ0v) is 8.94. The van der Waals surface area contributed by atoms with Gasteiger partial charge < -0.3 is 15.2 Å². The average molecular weight is 203 g/mol. The molecule has 5 nitrogen and oxygen atoms in total. The normalized spacial score (nSPS) is 14.7. The Hall–Kier alpha value is -1.10. The summed E-state index contributed by atoms with van der Waals surface area (Å²) < 4.78 is 9.38. The molecule has 0 aliphatic carbocycles. The highest BCUT2D eigenvalue weighted by molar-refractivity contribution is 5.81. The summed E-state index contributed by atoms with van der Waals surface area (Å²) >= 11 is 0. The lowest BCUT2D eigenvalue weighted by atomic mass is 10.1. The number of carbonyl (C=O) groups is 2. The first-order valence-electron chi connectivity index (χ1n) is 4.44. The molecular weight excluding hydrogens is 186 g/mol. The van der Waals surface area contributed by atoms with Gasteiger partial charge in [0.05, 0.1) is 7.11 Å². The molecule has 0 saturated heterocycles. The third-order valence-electron chi connectivity index (χ3n) is 1.65. The predicted octanol–water partition coefficient (Wildman–Crippen LogP) is 0.0744. The second kappa shape index (κ2) is 5.59. The highest BCUT2D eigenvalue weighted by Gasteiger charge is 2.28. The maximum Gasteiger partial charge on any atom is 0.347 e. The summed E-state index contributed by atoms with van der Waals surface area (Å²) in [7, 11) is 1.25. The number of hydrogen-bond acceptors (Lipinski definition) is 5. The highest BCUT2D eigenvalue weighted by atomic mass is 16.6. The van der Waals surface area contributed by atoms with Gasteiger partial charge in [-0.05, 0) is 6.92 Å². The van der Waals surface area contributed by atoms with E-state index in [0.717, 1.165) is 0 Å². The van der Waals surface area contributed by atoms with Gasteiger partial charge in [0.1, 0.15) is 6.04 Å². The first-order chi connectivity index (χ1) is 6.40. The average Bonchev–Trinajstić information content (AvgIpc) is 2.11. The molecule has 0 rings (SSSR count). The number of methoxy groups -OCH3 is 1. The maximum absolute atomic E-state index is 11.2. The molecule has 0 fully saturated rings. The molecule has 0 aromatic heterocycles. The van der Waals surface area contributed by atoms with Gasteiger partial charge in [-0.2, -0.15) is 0 Å². The molecule has 2 N–H and O–H groups in total. The minimum atomic E-state index is -0.876. The quantitative estimate of drug-likeness (QED) is 0.654. The van der Waals surface area contributed by atoms with E-state index in [0.29, 0.717) is 0 Å². The summed E-state index contributed by atoms with van der Waals surface area (Å²) in [4.78, 5) is 22.3. The van der Waals surface area contributed by atoms with Crippen molar-refractivity contribution in [3.63, 3.8) is 0 Å². The van der Waals surface area contributed by atoms with E-state index >= 15 is 0 Å². The molecule has 0 heterocycles. The number of carbonyl (C=O) groups excluding carboxylic acids is 2. The van der Waals surface area contributed by atoms with Crippen LogP contribution in [0.4, 0.5) is 0 Å². The van der Waals surface area contributed by atoms with Crippen LogP contribution in [-0.2, 0) is 19.1 Å². The molecule has 5 heteroatoms. The molecule has 0 amide bonds. The molecule has 14 heavy (non-hydrogen) atoms. The van der Waals surface area contributed by atoms with Gasteiger partial charge in [0.25, 0.3) is 0 Å². The van der Waals surface area contributed by atoms with E-state index in [2.05, 4.69) is 4.74 Å². The molecular formula is C9H17NO4. The Morgan fingerprint density at radius 2 is 1.64 bits per heavy atom. The first-order valence-corrected chi connectivity index (χ1v) is 4.44. The number of nitrogens with two attached hydrogens (primary N) is 1. The van der Waals surface area contributed by atoms with Crippen molar-refractivity contribution in [3.8, 4) is 0 Å². The van der Waals surface area contributed by atoms with Gasteiger partial charge in [-0.3, -0.25) is 4.79 Å². The molecule has 0 saturated carbocycles. The molecule has 0 aliphatic rings. The van der Waals surface area contributed by atoms with Gasteiger partial charge in [-0.15, -0.1) is 0 Å². The van der Waals surface area contributed by atoms with Crippen molar-refractivity contribution < 1.29 is 19.1 Å². The van der Waals surface area contributed by atoms with E-state index in [-0.39, 0.29) is 5.92 Å². The Morgan fingerprint density at radius 3 is 1.93 bits per heavy atom. The van der Waals surface area contributed by atoms with Crippen LogP contribution in [0.1, 0.15) is 20.8 Å². The summed E-state index contributed by atoms with van der Waals surface area (Å²) in [5.41, 5.74) is 5.30. The minimum Gasteiger partial charge on any atom is -0.466 e. The van der Waals surface area contributed by atoms with E-state index in [4.69, 9.17) is 10.5 Å². The second-order valence-electron chi connectivity index (χ2n) is 3.41. The lowest BCUT2D eigenvalue weighted by Gasteiger charge is -2.19. The van der Waals surface area contributed by atoms with Gasteiger partial charge in [0.2, 0.25) is 6.10 Å². The van der Waals surface area contributed by atoms with Crippen LogP contribution in [0.5, 0.6) is 0 Å². The molecule has 0 aromatic rings. The van der Waals surface area contributed by atoms with E-state index in [9.17, 15) is 9.59 Å².